The summed E-state index contributed by atoms with van der Waals surface area (Å²) in [6.07, 6.45) is 3.97. The molecule has 0 bridgehead atoms. The molecular weight excluding hydrogens is 376 g/mol. The van der Waals surface area contributed by atoms with Crippen LogP contribution in [-0.4, -0.2) is 28.1 Å². The number of rotatable bonds is 2. The predicted molar refractivity (Wildman–Crippen MR) is 113 cm³/mol. The molecule has 1 aliphatic carbocycles. The zero-order valence-corrected chi connectivity index (χ0v) is 17.2. The third kappa shape index (κ3) is 2.84. The third-order valence-electron chi connectivity index (χ3n) is 6.22. The summed E-state index contributed by atoms with van der Waals surface area (Å²) in [5.41, 5.74) is 5.13. The molecule has 1 unspecified atom stereocenters. The summed E-state index contributed by atoms with van der Waals surface area (Å²) < 4.78 is 5.53. The molecule has 1 aromatic heterocycles. The van der Waals surface area contributed by atoms with Crippen molar-refractivity contribution in [3.8, 4) is 16.9 Å². The van der Waals surface area contributed by atoms with Crippen molar-refractivity contribution in [1.82, 2.24) is 9.97 Å². The number of Topliss-reactive ketones (excluding diaryl/α,β-unsaturated/α-hetero) is 2. The maximum Gasteiger partial charge on any atom is 0.174 e. The number of benzene rings is 2. The molecule has 1 atom stereocenters. The quantitative estimate of drug-likeness (QED) is 0.654. The second kappa shape index (κ2) is 6.59. The summed E-state index contributed by atoms with van der Waals surface area (Å²) in [7, 11) is 0. The van der Waals surface area contributed by atoms with Crippen LogP contribution in [0.15, 0.2) is 48.8 Å². The molecule has 0 saturated heterocycles. The number of ether oxygens (including phenoxy) is 1. The van der Waals surface area contributed by atoms with E-state index >= 15 is 0 Å². The van der Waals surface area contributed by atoms with Crippen molar-refractivity contribution in [1.29, 1.82) is 0 Å². The number of aromatic nitrogens is 2. The van der Waals surface area contributed by atoms with Gasteiger partial charge in [-0.15, -0.1) is 0 Å². The second-order valence-electron chi connectivity index (χ2n) is 8.61. The van der Waals surface area contributed by atoms with Gasteiger partial charge < -0.3 is 4.74 Å². The molecule has 0 spiro atoms. The fourth-order valence-corrected chi connectivity index (χ4v) is 4.54. The van der Waals surface area contributed by atoms with Gasteiger partial charge in [0.1, 0.15) is 18.2 Å². The molecule has 0 radical (unpaired) electrons. The van der Waals surface area contributed by atoms with Gasteiger partial charge in [0, 0.05) is 35.4 Å². The highest BCUT2D eigenvalue weighted by Gasteiger charge is 2.46. The van der Waals surface area contributed by atoms with Gasteiger partial charge in [0.25, 0.3) is 0 Å². The van der Waals surface area contributed by atoms with E-state index < -0.39 is 5.41 Å². The Labute approximate surface area is 175 Å². The molecule has 2 aliphatic rings. The van der Waals surface area contributed by atoms with Gasteiger partial charge in [-0.05, 0) is 55.2 Å². The molecule has 5 heteroatoms. The number of fused-ring (bicyclic) bond motifs is 2. The molecule has 0 N–H and O–H groups in total. The molecule has 3 aromatic rings. The first-order chi connectivity index (χ1) is 14.3. The minimum absolute atomic E-state index is 0.0554. The van der Waals surface area contributed by atoms with Crippen molar-refractivity contribution in [3.63, 3.8) is 0 Å². The largest absolute Gasteiger partial charge is 0.486 e. The Morgan fingerprint density at radius 3 is 2.53 bits per heavy atom. The van der Waals surface area contributed by atoms with Crippen molar-refractivity contribution in [3.05, 3.63) is 76.9 Å². The average molecular weight is 398 g/mol. The fraction of sp³-hybridized carbons (Fsp3) is 0.280. The molecule has 0 fully saturated rings. The summed E-state index contributed by atoms with van der Waals surface area (Å²) in [5.74, 6) is 1.30. The van der Waals surface area contributed by atoms with Crippen molar-refractivity contribution in [2.75, 3.05) is 6.61 Å². The zero-order valence-electron chi connectivity index (χ0n) is 17.2. The minimum atomic E-state index is -0.579. The van der Waals surface area contributed by atoms with Gasteiger partial charge in [0.15, 0.2) is 11.6 Å². The number of carbonyl (C=O) groups is 2. The first-order valence-electron chi connectivity index (χ1n) is 10.1. The van der Waals surface area contributed by atoms with E-state index in [4.69, 9.17) is 4.74 Å². The summed E-state index contributed by atoms with van der Waals surface area (Å²) in [6.45, 7) is 5.93. The molecule has 150 valence electrons. The van der Waals surface area contributed by atoms with Crippen molar-refractivity contribution >= 4 is 11.6 Å². The molecule has 2 aromatic carbocycles. The molecule has 0 saturated carbocycles. The number of hydrogen-bond donors (Lipinski definition) is 0. The van der Waals surface area contributed by atoms with E-state index in [0.717, 1.165) is 45.0 Å². The lowest BCUT2D eigenvalue weighted by Crippen LogP contribution is -2.26. The summed E-state index contributed by atoms with van der Waals surface area (Å²) >= 11 is 0. The average Bonchev–Trinajstić information content (AvgIpc) is 2.93. The Balaban J connectivity index is 1.63. The maximum atomic E-state index is 13.5. The smallest absolute Gasteiger partial charge is 0.174 e. The maximum absolute atomic E-state index is 13.5. The molecule has 2 heterocycles. The zero-order chi connectivity index (χ0) is 21.0. The van der Waals surface area contributed by atoms with Crippen molar-refractivity contribution in [2.45, 2.75) is 38.5 Å². The molecule has 5 nitrogen and oxygen atoms in total. The SMILES string of the molecule is Cc1ncc(-c2ccc3c(c2)C(c2ccc4c(c2)CC(=O)CO4)C(=O)C3(C)C)cn1. The molecule has 5 rings (SSSR count). The Morgan fingerprint density at radius 1 is 1.00 bits per heavy atom. The summed E-state index contributed by atoms with van der Waals surface area (Å²) in [6, 6.07) is 12.0. The highest BCUT2D eigenvalue weighted by atomic mass is 16.5. The Kier molecular flexibility index (Phi) is 4.10. The minimum Gasteiger partial charge on any atom is -0.486 e. The number of ketones is 2. The first-order valence-corrected chi connectivity index (χ1v) is 10.1. The second-order valence-corrected chi connectivity index (χ2v) is 8.61. The van der Waals surface area contributed by atoms with Crippen molar-refractivity contribution < 1.29 is 14.3 Å². The van der Waals surface area contributed by atoms with Crippen molar-refractivity contribution in [2.24, 2.45) is 0 Å². The monoisotopic (exact) mass is 398 g/mol. The number of hydrogen-bond acceptors (Lipinski definition) is 5. The van der Waals surface area contributed by atoms with Gasteiger partial charge in [-0.1, -0.05) is 24.3 Å². The Hall–Kier alpha value is -3.34. The molecule has 0 amide bonds. The van der Waals surface area contributed by atoms with E-state index in [1.165, 1.54) is 0 Å². The molecular formula is C25H22N2O3. The number of carbonyl (C=O) groups excluding carboxylic acids is 2. The van der Waals surface area contributed by atoms with Crippen LogP contribution in [-0.2, 0) is 21.4 Å². The van der Waals surface area contributed by atoms with E-state index in [-0.39, 0.29) is 24.1 Å². The van der Waals surface area contributed by atoms with E-state index in [1.807, 2.05) is 63.5 Å². The van der Waals surface area contributed by atoms with Crippen LogP contribution in [0.3, 0.4) is 0 Å². The number of aryl methyl sites for hydroxylation is 1. The van der Waals surface area contributed by atoms with E-state index in [1.54, 1.807) is 0 Å². The summed E-state index contributed by atoms with van der Waals surface area (Å²) in [4.78, 5) is 33.9. The van der Waals surface area contributed by atoms with Crippen LogP contribution in [0.2, 0.25) is 0 Å². The first kappa shape index (κ1) is 18.7. The van der Waals surface area contributed by atoms with Crippen LogP contribution in [0.5, 0.6) is 5.75 Å². The topological polar surface area (TPSA) is 69.2 Å². The van der Waals surface area contributed by atoms with Gasteiger partial charge in [0.2, 0.25) is 0 Å². The van der Waals surface area contributed by atoms with E-state index in [2.05, 4.69) is 16.0 Å². The third-order valence-corrected chi connectivity index (χ3v) is 6.22. The van der Waals surface area contributed by atoms with Gasteiger partial charge in [-0.3, -0.25) is 9.59 Å². The normalized spacial score (nSPS) is 19.2. The Bertz CT molecular complexity index is 1200. The van der Waals surface area contributed by atoms with Gasteiger partial charge in [-0.2, -0.15) is 0 Å². The van der Waals surface area contributed by atoms with E-state index in [9.17, 15) is 9.59 Å². The van der Waals surface area contributed by atoms with Crippen LogP contribution in [0.4, 0.5) is 0 Å². The van der Waals surface area contributed by atoms with Crippen LogP contribution in [0, 0.1) is 6.92 Å². The Morgan fingerprint density at radius 2 is 1.77 bits per heavy atom. The highest BCUT2D eigenvalue weighted by Crippen LogP contribution is 2.47. The van der Waals surface area contributed by atoms with Gasteiger partial charge in [0.05, 0.1) is 5.92 Å². The van der Waals surface area contributed by atoms with Crippen LogP contribution >= 0.6 is 0 Å². The molecule has 30 heavy (non-hydrogen) atoms. The molecule has 1 aliphatic heterocycles. The fourth-order valence-electron chi connectivity index (χ4n) is 4.54. The van der Waals surface area contributed by atoms with Crippen LogP contribution in [0.1, 0.15) is 47.8 Å². The lowest BCUT2D eigenvalue weighted by Gasteiger charge is -2.20. The van der Waals surface area contributed by atoms with Gasteiger partial charge in [-0.25, -0.2) is 9.97 Å². The summed E-state index contributed by atoms with van der Waals surface area (Å²) in [5, 5.41) is 0. The standard InChI is InChI=1S/C25H22N2O3/c1-14-26-11-18(12-27-14)15-4-6-21-20(10-15)23(24(29)25(21,2)3)16-5-7-22-17(8-16)9-19(28)13-30-22/h4-8,10-12,23H,9,13H2,1-3H3. The van der Waals surface area contributed by atoms with E-state index in [0.29, 0.717) is 6.42 Å². The lowest BCUT2D eigenvalue weighted by atomic mass is 9.83. The van der Waals surface area contributed by atoms with Crippen LogP contribution < -0.4 is 4.74 Å². The number of nitrogens with zero attached hydrogens (tertiary/aromatic N) is 2. The highest BCUT2D eigenvalue weighted by molar-refractivity contribution is 6.02. The van der Waals surface area contributed by atoms with Crippen LogP contribution in [0.25, 0.3) is 11.1 Å². The predicted octanol–water partition coefficient (Wildman–Crippen LogP) is 3.95. The lowest BCUT2D eigenvalue weighted by molar-refractivity contribution is -0.123. The van der Waals surface area contributed by atoms with Gasteiger partial charge >= 0.3 is 0 Å².